The van der Waals surface area contributed by atoms with E-state index in [1.165, 1.54) is 6.92 Å². The first-order valence-corrected chi connectivity index (χ1v) is 10.3. The van der Waals surface area contributed by atoms with E-state index < -0.39 is 17.8 Å². The van der Waals surface area contributed by atoms with Crippen molar-refractivity contribution in [2.75, 3.05) is 78.5 Å². The van der Waals surface area contributed by atoms with Gasteiger partial charge >= 0.3 is 11.9 Å². The Morgan fingerprint density at radius 1 is 0.633 bits per heavy atom. The molecule has 0 aliphatic carbocycles. The van der Waals surface area contributed by atoms with Crippen LogP contribution in [0.1, 0.15) is 20.8 Å². The predicted molar refractivity (Wildman–Crippen MR) is 112 cm³/mol. The van der Waals surface area contributed by atoms with Crippen LogP contribution in [-0.2, 0) is 19.2 Å². The van der Waals surface area contributed by atoms with Crippen LogP contribution in [-0.4, -0.2) is 132 Å². The van der Waals surface area contributed by atoms with Gasteiger partial charge in [0, 0.05) is 52.4 Å². The molecule has 0 saturated carbocycles. The number of carboxylic acids is 2. The molecule has 0 spiro atoms. The lowest BCUT2D eigenvalue weighted by Crippen LogP contribution is -2.49. The molecular formula is C19H37N5O6. The van der Waals surface area contributed by atoms with Gasteiger partial charge in [-0.3, -0.25) is 38.8 Å². The maximum absolute atomic E-state index is 11.6. The van der Waals surface area contributed by atoms with Crippen molar-refractivity contribution in [3.05, 3.63) is 0 Å². The first-order valence-electron chi connectivity index (χ1n) is 10.3. The molecule has 1 rings (SSSR count). The fraction of sp³-hybridized carbons (Fsp3) is 0.789. The second-order valence-electron chi connectivity index (χ2n) is 7.06. The SMILES string of the molecule is CC.CC(=O)CN1CCN(CC(N)=O)CCN(CC(=O)O)CCN(CC(=O)O)CC1. The molecule has 0 unspecified atom stereocenters. The smallest absolute Gasteiger partial charge is 0.317 e. The van der Waals surface area contributed by atoms with Crippen LogP contribution in [0.25, 0.3) is 0 Å². The summed E-state index contributed by atoms with van der Waals surface area (Å²) < 4.78 is 0. The van der Waals surface area contributed by atoms with Gasteiger partial charge in [0.1, 0.15) is 5.78 Å². The van der Waals surface area contributed by atoms with Crippen molar-refractivity contribution in [2.24, 2.45) is 5.73 Å². The molecule has 30 heavy (non-hydrogen) atoms. The number of hydrogen-bond acceptors (Lipinski definition) is 8. The van der Waals surface area contributed by atoms with Crippen molar-refractivity contribution in [1.82, 2.24) is 19.6 Å². The molecule has 0 aromatic heterocycles. The van der Waals surface area contributed by atoms with E-state index in [4.69, 9.17) is 15.9 Å². The molecule has 1 aliphatic rings. The van der Waals surface area contributed by atoms with E-state index in [-0.39, 0.29) is 32.0 Å². The molecule has 174 valence electrons. The van der Waals surface area contributed by atoms with Crippen LogP contribution in [0.5, 0.6) is 0 Å². The van der Waals surface area contributed by atoms with E-state index in [0.29, 0.717) is 52.4 Å². The maximum atomic E-state index is 11.6. The summed E-state index contributed by atoms with van der Waals surface area (Å²) in [6.45, 7) is 9.07. The molecule has 0 aromatic carbocycles. The van der Waals surface area contributed by atoms with Crippen molar-refractivity contribution in [3.63, 3.8) is 0 Å². The summed E-state index contributed by atoms with van der Waals surface area (Å²) in [6, 6.07) is 0. The van der Waals surface area contributed by atoms with E-state index in [2.05, 4.69) is 0 Å². The largest absolute Gasteiger partial charge is 0.480 e. The Labute approximate surface area is 178 Å². The van der Waals surface area contributed by atoms with Crippen LogP contribution in [0.3, 0.4) is 0 Å². The van der Waals surface area contributed by atoms with Crippen LogP contribution in [0.15, 0.2) is 0 Å². The first kappa shape index (κ1) is 27.9. The molecule has 1 saturated heterocycles. The molecule has 11 heteroatoms. The number of Topliss-reactive ketones (excluding diaryl/α,β-unsaturated/α-hetero) is 1. The van der Waals surface area contributed by atoms with Crippen LogP contribution in [0.2, 0.25) is 0 Å². The number of hydrogen-bond donors (Lipinski definition) is 3. The fourth-order valence-electron chi connectivity index (χ4n) is 3.13. The lowest BCUT2D eigenvalue weighted by Gasteiger charge is -2.32. The van der Waals surface area contributed by atoms with E-state index in [1.807, 2.05) is 23.6 Å². The Kier molecular flexibility index (Phi) is 14.6. The number of amides is 1. The van der Waals surface area contributed by atoms with Crippen molar-refractivity contribution in [1.29, 1.82) is 0 Å². The van der Waals surface area contributed by atoms with Gasteiger partial charge in [-0.25, -0.2) is 0 Å². The zero-order valence-corrected chi connectivity index (χ0v) is 18.4. The van der Waals surface area contributed by atoms with Crippen LogP contribution < -0.4 is 5.73 Å². The molecule has 1 aliphatic heterocycles. The summed E-state index contributed by atoms with van der Waals surface area (Å²) in [5, 5.41) is 18.2. The minimum absolute atomic E-state index is 0.00552. The summed E-state index contributed by atoms with van der Waals surface area (Å²) in [5.41, 5.74) is 5.32. The fourth-order valence-corrected chi connectivity index (χ4v) is 3.13. The third-order valence-corrected chi connectivity index (χ3v) is 4.47. The summed E-state index contributed by atoms with van der Waals surface area (Å²) >= 11 is 0. The number of nitrogens with zero attached hydrogens (tertiary/aromatic N) is 4. The highest BCUT2D eigenvalue weighted by molar-refractivity contribution is 5.77. The Hall–Kier alpha value is -2.08. The maximum Gasteiger partial charge on any atom is 0.317 e. The third kappa shape index (κ3) is 14.0. The summed E-state index contributed by atoms with van der Waals surface area (Å²) in [5.74, 6) is -2.39. The normalized spacial score (nSPS) is 18.4. The number of carbonyl (C=O) groups excluding carboxylic acids is 2. The van der Waals surface area contributed by atoms with E-state index in [1.54, 1.807) is 9.80 Å². The van der Waals surface area contributed by atoms with Gasteiger partial charge < -0.3 is 15.9 Å². The topological polar surface area (TPSA) is 148 Å². The van der Waals surface area contributed by atoms with Crippen LogP contribution in [0.4, 0.5) is 0 Å². The Morgan fingerprint density at radius 2 is 0.900 bits per heavy atom. The molecule has 0 aromatic rings. The molecule has 11 nitrogen and oxygen atoms in total. The summed E-state index contributed by atoms with van der Waals surface area (Å²) in [4.78, 5) is 52.4. The monoisotopic (exact) mass is 431 g/mol. The minimum Gasteiger partial charge on any atom is -0.480 e. The predicted octanol–water partition coefficient (Wildman–Crippen LogP) is -1.52. The number of nitrogens with two attached hydrogens (primary N) is 1. The lowest BCUT2D eigenvalue weighted by atomic mass is 10.3. The second kappa shape index (κ2) is 15.7. The zero-order chi connectivity index (χ0) is 23.1. The second-order valence-corrected chi connectivity index (χ2v) is 7.06. The average molecular weight is 432 g/mol. The number of carbonyl (C=O) groups is 4. The van der Waals surface area contributed by atoms with Crippen molar-refractivity contribution < 1.29 is 29.4 Å². The van der Waals surface area contributed by atoms with Gasteiger partial charge in [-0.2, -0.15) is 0 Å². The molecule has 0 bridgehead atoms. The van der Waals surface area contributed by atoms with Gasteiger partial charge in [-0.05, 0) is 6.92 Å². The van der Waals surface area contributed by atoms with Gasteiger partial charge in [0.05, 0.1) is 26.2 Å². The number of carboxylic acid groups (broad SMARTS) is 2. The standard InChI is InChI=1S/C17H31N5O6.C2H6/c1-14(23)10-19-2-4-20(11-15(18)24)5-7-22(13-17(27)28)9-8-21(6-3-19)12-16(25)26;1-2/h2-13H2,1H3,(H2,18,24)(H,25,26)(H,27,28);1-2H3. The lowest BCUT2D eigenvalue weighted by molar-refractivity contribution is -0.140. The van der Waals surface area contributed by atoms with E-state index >= 15 is 0 Å². The number of primary amides is 1. The van der Waals surface area contributed by atoms with Crippen LogP contribution in [0, 0.1) is 0 Å². The Bertz CT molecular complexity index is 448. The molecule has 4 N–H and O–H groups in total. The highest BCUT2D eigenvalue weighted by Gasteiger charge is 2.20. The quantitative estimate of drug-likeness (QED) is 0.414. The number of rotatable bonds is 8. The van der Waals surface area contributed by atoms with Gasteiger partial charge in [0.2, 0.25) is 5.91 Å². The van der Waals surface area contributed by atoms with E-state index in [0.717, 1.165) is 0 Å². The molecule has 1 heterocycles. The van der Waals surface area contributed by atoms with Crippen molar-refractivity contribution in [2.45, 2.75) is 20.8 Å². The molecular weight excluding hydrogens is 394 g/mol. The molecule has 1 amide bonds. The molecule has 0 radical (unpaired) electrons. The third-order valence-electron chi connectivity index (χ3n) is 4.47. The van der Waals surface area contributed by atoms with Gasteiger partial charge in [0.15, 0.2) is 0 Å². The van der Waals surface area contributed by atoms with Gasteiger partial charge in [-0.1, -0.05) is 13.8 Å². The van der Waals surface area contributed by atoms with E-state index in [9.17, 15) is 19.2 Å². The Balaban J connectivity index is 0.00000407. The van der Waals surface area contributed by atoms with Crippen molar-refractivity contribution >= 4 is 23.6 Å². The molecule has 1 fully saturated rings. The molecule has 0 atom stereocenters. The highest BCUT2D eigenvalue weighted by Crippen LogP contribution is 2.01. The van der Waals surface area contributed by atoms with Crippen LogP contribution >= 0.6 is 0 Å². The minimum atomic E-state index is -0.967. The van der Waals surface area contributed by atoms with Crippen molar-refractivity contribution in [3.8, 4) is 0 Å². The number of aliphatic carboxylic acids is 2. The highest BCUT2D eigenvalue weighted by atomic mass is 16.4. The summed E-state index contributed by atoms with van der Waals surface area (Å²) in [6.07, 6.45) is 0. The van der Waals surface area contributed by atoms with Gasteiger partial charge in [0.25, 0.3) is 0 Å². The number of ketones is 1. The average Bonchev–Trinajstić information content (AvgIpc) is 2.64. The Morgan fingerprint density at radius 3 is 1.13 bits per heavy atom. The zero-order valence-electron chi connectivity index (χ0n) is 18.4. The first-order chi connectivity index (χ1) is 14.2. The van der Waals surface area contributed by atoms with Gasteiger partial charge in [-0.15, -0.1) is 0 Å². The summed E-state index contributed by atoms with van der Waals surface area (Å²) in [7, 11) is 0.